The third-order valence-corrected chi connectivity index (χ3v) is 4.35. The minimum absolute atomic E-state index is 0.561. The molecule has 1 aromatic carbocycles. The number of ether oxygens (including phenoxy) is 1. The first-order valence-corrected chi connectivity index (χ1v) is 7.82. The van der Waals surface area contributed by atoms with Crippen LogP contribution in [0, 0.1) is 0 Å². The molecule has 0 aliphatic carbocycles. The van der Waals surface area contributed by atoms with E-state index in [1.807, 2.05) is 25.1 Å². The molecule has 0 aromatic heterocycles. The van der Waals surface area contributed by atoms with E-state index in [1.165, 1.54) is 6.34 Å². The van der Waals surface area contributed by atoms with Gasteiger partial charge < -0.3 is 4.74 Å². The first-order valence-electron chi connectivity index (χ1n) is 6.58. The van der Waals surface area contributed by atoms with Crippen LogP contribution in [-0.4, -0.2) is 35.8 Å². The third-order valence-electron chi connectivity index (χ3n) is 3.26. The van der Waals surface area contributed by atoms with Crippen molar-refractivity contribution < 1.29 is 4.74 Å². The third kappa shape index (κ3) is 2.86. The van der Waals surface area contributed by atoms with Gasteiger partial charge in [0.1, 0.15) is 23.6 Å². The van der Waals surface area contributed by atoms with E-state index in [0.29, 0.717) is 23.9 Å². The molecule has 3 rings (SSSR count). The Hall–Kier alpha value is -1.51. The normalized spacial score (nSPS) is 22.8. The monoisotopic (exact) mass is 379 g/mol. The lowest BCUT2D eigenvalue weighted by molar-refractivity contribution is 0.412. The highest BCUT2D eigenvalue weighted by atomic mass is 79.9. The van der Waals surface area contributed by atoms with Crippen molar-refractivity contribution >= 4 is 52.3 Å². The maximum absolute atomic E-state index is 5.23. The Labute approximate surface area is 142 Å². The summed E-state index contributed by atoms with van der Waals surface area (Å²) in [6, 6.07) is 5.88. The van der Waals surface area contributed by atoms with E-state index in [9.17, 15) is 0 Å². The number of benzene rings is 1. The highest BCUT2D eigenvalue weighted by Crippen LogP contribution is 2.27. The zero-order valence-corrected chi connectivity index (χ0v) is 14.5. The van der Waals surface area contributed by atoms with E-state index < -0.39 is 4.99 Å². The van der Waals surface area contributed by atoms with Crippen molar-refractivity contribution in [1.82, 2.24) is 5.32 Å². The molecule has 1 N–H and O–H groups in total. The van der Waals surface area contributed by atoms with Crippen LogP contribution in [0.1, 0.15) is 12.5 Å². The van der Waals surface area contributed by atoms with Crippen molar-refractivity contribution in [2.75, 3.05) is 7.11 Å². The Morgan fingerprint density at radius 2 is 2.23 bits per heavy atom. The number of thiol groups is 1. The summed E-state index contributed by atoms with van der Waals surface area (Å²) >= 11 is 8.13. The summed E-state index contributed by atoms with van der Waals surface area (Å²) in [7, 11) is 1.64. The molecule has 0 spiro atoms. The first kappa shape index (κ1) is 15.4. The van der Waals surface area contributed by atoms with Crippen LogP contribution in [0.25, 0.3) is 0 Å². The minimum atomic E-state index is -0.927. The van der Waals surface area contributed by atoms with Gasteiger partial charge in [0.25, 0.3) is 0 Å². The highest BCUT2D eigenvalue weighted by Gasteiger charge is 2.38. The molecule has 2 aliphatic heterocycles. The van der Waals surface area contributed by atoms with Gasteiger partial charge in [0, 0.05) is 6.54 Å². The van der Waals surface area contributed by atoms with Gasteiger partial charge in [-0.2, -0.15) is 0 Å². The van der Waals surface area contributed by atoms with E-state index in [1.54, 1.807) is 7.11 Å². The van der Waals surface area contributed by atoms with Crippen LogP contribution in [0.3, 0.4) is 0 Å². The predicted molar refractivity (Wildman–Crippen MR) is 95.7 cm³/mol. The summed E-state index contributed by atoms with van der Waals surface area (Å²) in [6.07, 6.45) is 1.47. The van der Waals surface area contributed by atoms with Crippen LogP contribution < -0.4 is 10.1 Å². The summed E-state index contributed by atoms with van der Waals surface area (Å²) in [5, 5.41) is 3.30. The SMILES string of the molecule is COc1ccc(CNC2(S)N=C(C)N=C3N=CN=C32)cc1Br. The molecule has 6 nitrogen and oxygen atoms in total. The molecule has 1 aromatic rings. The Morgan fingerprint density at radius 1 is 1.41 bits per heavy atom. The molecule has 1 atom stereocenters. The van der Waals surface area contributed by atoms with Gasteiger partial charge >= 0.3 is 0 Å². The Kier molecular flexibility index (Phi) is 4.16. The summed E-state index contributed by atoms with van der Waals surface area (Å²) in [6.45, 7) is 2.38. The van der Waals surface area contributed by atoms with Crippen LogP contribution in [0.2, 0.25) is 0 Å². The number of fused-ring (bicyclic) bond motifs is 1. The number of aliphatic imine (C=N–C) groups is 4. The topological polar surface area (TPSA) is 70.7 Å². The van der Waals surface area contributed by atoms with Gasteiger partial charge in [0.15, 0.2) is 5.84 Å². The molecule has 1 unspecified atom stereocenters. The van der Waals surface area contributed by atoms with Crippen molar-refractivity contribution in [2.24, 2.45) is 20.0 Å². The van der Waals surface area contributed by atoms with E-state index in [0.717, 1.165) is 15.8 Å². The van der Waals surface area contributed by atoms with E-state index in [4.69, 9.17) is 4.74 Å². The van der Waals surface area contributed by atoms with Crippen LogP contribution in [0.4, 0.5) is 0 Å². The molecule has 0 radical (unpaired) electrons. The molecule has 0 fully saturated rings. The first-order chi connectivity index (χ1) is 10.5. The van der Waals surface area contributed by atoms with Crippen LogP contribution in [0.5, 0.6) is 5.75 Å². The van der Waals surface area contributed by atoms with E-state index in [-0.39, 0.29) is 0 Å². The van der Waals surface area contributed by atoms with Gasteiger partial charge in [0.2, 0.25) is 4.99 Å². The van der Waals surface area contributed by atoms with Crippen molar-refractivity contribution in [3.8, 4) is 5.75 Å². The summed E-state index contributed by atoms with van der Waals surface area (Å²) in [5.74, 6) is 1.97. The van der Waals surface area contributed by atoms with E-state index >= 15 is 0 Å². The number of nitrogens with zero attached hydrogens (tertiary/aromatic N) is 4. The largest absolute Gasteiger partial charge is 0.496 e. The van der Waals surface area contributed by atoms with E-state index in [2.05, 4.69) is 53.8 Å². The molecular weight excluding hydrogens is 366 g/mol. The summed E-state index contributed by atoms with van der Waals surface area (Å²) in [5.41, 5.74) is 1.69. The second-order valence-electron chi connectivity index (χ2n) is 4.81. The molecule has 0 saturated heterocycles. The lowest BCUT2D eigenvalue weighted by Crippen LogP contribution is -2.50. The maximum atomic E-state index is 5.23. The Balaban J connectivity index is 1.79. The Bertz CT molecular complexity index is 743. The summed E-state index contributed by atoms with van der Waals surface area (Å²) < 4.78 is 6.13. The molecule has 0 saturated carbocycles. The number of amidine groups is 2. The molecule has 8 heteroatoms. The number of nitrogens with one attached hydrogen (secondary N) is 1. The van der Waals surface area contributed by atoms with Gasteiger partial charge in [0.05, 0.1) is 11.6 Å². The molecule has 0 bridgehead atoms. The van der Waals surface area contributed by atoms with Gasteiger partial charge in [-0.1, -0.05) is 6.07 Å². The van der Waals surface area contributed by atoms with Gasteiger partial charge in [-0.15, -0.1) is 12.6 Å². The zero-order chi connectivity index (χ0) is 15.7. The second kappa shape index (κ2) is 5.94. The number of hydrogen-bond donors (Lipinski definition) is 2. The lowest BCUT2D eigenvalue weighted by atomic mass is 10.2. The number of halogens is 1. The smallest absolute Gasteiger partial charge is 0.204 e. The lowest BCUT2D eigenvalue weighted by Gasteiger charge is -2.28. The van der Waals surface area contributed by atoms with Gasteiger partial charge in [-0.05, 0) is 40.5 Å². The van der Waals surface area contributed by atoms with Crippen molar-refractivity contribution in [3.05, 3.63) is 28.2 Å². The predicted octanol–water partition coefficient (Wildman–Crippen LogP) is 2.44. The van der Waals surface area contributed by atoms with Crippen molar-refractivity contribution in [2.45, 2.75) is 18.5 Å². The fourth-order valence-electron chi connectivity index (χ4n) is 2.22. The standard InChI is InChI=1S/C14H14BrN5OS/c1-8-19-13-12(16-7-17-13)14(22,20-8)18-6-9-3-4-11(21-2)10(15)5-9/h3-5,7,18,22H,6H2,1-2H3. The molecule has 0 amide bonds. The quantitative estimate of drug-likeness (QED) is 0.622. The Morgan fingerprint density at radius 3 is 2.95 bits per heavy atom. The van der Waals surface area contributed by atoms with Crippen LogP contribution in [0.15, 0.2) is 42.6 Å². The van der Waals surface area contributed by atoms with Gasteiger partial charge in [-0.3, -0.25) is 5.32 Å². The highest BCUT2D eigenvalue weighted by molar-refractivity contribution is 9.10. The average Bonchev–Trinajstić information content (AvgIpc) is 2.94. The zero-order valence-electron chi connectivity index (χ0n) is 12.0. The molecule has 2 heterocycles. The number of rotatable bonds is 4. The van der Waals surface area contributed by atoms with Gasteiger partial charge in [-0.25, -0.2) is 20.0 Å². The molecule has 114 valence electrons. The molecule has 2 aliphatic rings. The van der Waals surface area contributed by atoms with Crippen molar-refractivity contribution in [1.29, 1.82) is 0 Å². The van der Waals surface area contributed by atoms with Crippen molar-refractivity contribution in [3.63, 3.8) is 0 Å². The summed E-state index contributed by atoms with van der Waals surface area (Å²) in [4.78, 5) is 16.1. The molecular formula is C14H14BrN5OS. The fourth-order valence-corrected chi connectivity index (χ4v) is 3.19. The van der Waals surface area contributed by atoms with Crippen LogP contribution in [-0.2, 0) is 6.54 Å². The van der Waals surface area contributed by atoms with Crippen LogP contribution >= 0.6 is 28.6 Å². The fraction of sp³-hybridized carbons (Fsp3) is 0.286. The average molecular weight is 380 g/mol. The second-order valence-corrected chi connectivity index (χ2v) is 6.31. The number of methoxy groups -OCH3 is 1. The molecule has 22 heavy (non-hydrogen) atoms. The number of hydrogen-bond acceptors (Lipinski definition) is 7. The minimum Gasteiger partial charge on any atom is -0.496 e. The maximum Gasteiger partial charge on any atom is 0.204 e.